The first-order valence-corrected chi connectivity index (χ1v) is 9.19. The number of carbonyl (C=O) groups is 2. The quantitative estimate of drug-likeness (QED) is 0.546. The van der Waals surface area contributed by atoms with E-state index in [-0.39, 0.29) is 17.3 Å². The molecule has 136 valence electrons. The number of nitrogens with one attached hydrogen (secondary N) is 2. The Bertz CT molecular complexity index is 870. The molecule has 0 spiro atoms. The molecule has 1 amide bonds. The standard InChI is InChI=1S/C17H17N3O5S/c21-16(18-10-12(17(22)23)11-6-2-1-3-7-11)15-19-13-8-4-5-9-14(13)26(24,25)20-15/h1-9,12,24-25H,10H2,(H,18,21)(H,19,20)(H,22,23). The summed E-state index contributed by atoms with van der Waals surface area (Å²) in [7, 11) is -3.49. The molecule has 1 aliphatic heterocycles. The average Bonchev–Trinajstić information content (AvgIpc) is 2.62. The van der Waals surface area contributed by atoms with Gasteiger partial charge in [-0.05, 0) is 17.7 Å². The van der Waals surface area contributed by atoms with Crippen molar-refractivity contribution in [3.63, 3.8) is 0 Å². The van der Waals surface area contributed by atoms with Gasteiger partial charge in [0.1, 0.15) is 4.90 Å². The van der Waals surface area contributed by atoms with Gasteiger partial charge in [-0.15, -0.1) is 4.40 Å². The molecule has 0 fully saturated rings. The van der Waals surface area contributed by atoms with Crippen molar-refractivity contribution in [2.24, 2.45) is 4.40 Å². The molecule has 5 N–H and O–H groups in total. The smallest absolute Gasteiger partial charge is 0.312 e. The monoisotopic (exact) mass is 375 g/mol. The zero-order valence-corrected chi connectivity index (χ0v) is 14.3. The maximum atomic E-state index is 12.3. The normalized spacial score (nSPS) is 17.1. The number of nitrogens with zero attached hydrogens (tertiary/aromatic N) is 1. The number of amides is 1. The number of amidine groups is 1. The number of carbonyl (C=O) groups excluding carboxylic acids is 1. The van der Waals surface area contributed by atoms with Crippen LogP contribution in [-0.4, -0.2) is 38.5 Å². The highest BCUT2D eigenvalue weighted by Crippen LogP contribution is 2.54. The van der Waals surface area contributed by atoms with Crippen molar-refractivity contribution < 1.29 is 23.8 Å². The van der Waals surface area contributed by atoms with Gasteiger partial charge in [-0.1, -0.05) is 53.2 Å². The van der Waals surface area contributed by atoms with Crippen LogP contribution in [-0.2, 0) is 9.59 Å². The third-order valence-corrected chi connectivity index (χ3v) is 5.22. The van der Waals surface area contributed by atoms with Crippen molar-refractivity contribution in [2.45, 2.75) is 10.8 Å². The minimum Gasteiger partial charge on any atom is -0.481 e. The van der Waals surface area contributed by atoms with Crippen LogP contribution in [0.15, 0.2) is 63.9 Å². The second-order valence-corrected chi connectivity index (χ2v) is 7.25. The molecule has 0 aliphatic carbocycles. The van der Waals surface area contributed by atoms with Gasteiger partial charge < -0.3 is 15.7 Å². The van der Waals surface area contributed by atoms with E-state index in [1.807, 2.05) is 0 Å². The third kappa shape index (κ3) is 3.69. The molecule has 0 saturated heterocycles. The minimum absolute atomic E-state index is 0.167. The number of benzene rings is 2. The molecular weight excluding hydrogens is 358 g/mol. The Hall–Kier alpha value is -2.88. The van der Waals surface area contributed by atoms with Crippen LogP contribution in [0.3, 0.4) is 0 Å². The summed E-state index contributed by atoms with van der Waals surface area (Å²) in [6.07, 6.45) is 0. The van der Waals surface area contributed by atoms with Gasteiger partial charge in [0.05, 0.1) is 11.6 Å². The number of anilines is 1. The zero-order chi connectivity index (χ0) is 18.7. The molecule has 0 aromatic heterocycles. The van der Waals surface area contributed by atoms with Gasteiger partial charge in [0.25, 0.3) is 5.91 Å². The lowest BCUT2D eigenvalue weighted by atomic mass is 9.99. The molecule has 1 unspecified atom stereocenters. The Labute approximate surface area is 151 Å². The number of aliphatic carboxylic acids is 1. The summed E-state index contributed by atoms with van der Waals surface area (Å²) < 4.78 is 23.9. The molecule has 0 bridgehead atoms. The van der Waals surface area contributed by atoms with Gasteiger partial charge in [0.15, 0.2) is 0 Å². The Morgan fingerprint density at radius 3 is 2.42 bits per heavy atom. The fourth-order valence-electron chi connectivity index (χ4n) is 2.55. The molecular formula is C17H17N3O5S. The topological polar surface area (TPSA) is 131 Å². The van der Waals surface area contributed by atoms with Gasteiger partial charge in [0, 0.05) is 6.54 Å². The molecule has 3 rings (SSSR count). The second-order valence-electron chi connectivity index (χ2n) is 5.59. The van der Waals surface area contributed by atoms with Crippen LogP contribution in [0.4, 0.5) is 5.69 Å². The number of rotatable bonds is 5. The average molecular weight is 375 g/mol. The highest BCUT2D eigenvalue weighted by molar-refractivity contribution is 8.23. The summed E-state index contributed by atoms with van der Waals surface area (Å²) in [6.45, 7) is -0.167. The first kappa shape index (κ1) is 17.9. The number of hydrogen-bond donors (Lipinski definition) is 5. The lowest BCUT2D eigenvalue weighted by Gasteiger charge is -2.33. The van der Waals surface area contributed by atoms with Crippen LogP contribution in [0.25, 0.3) is 0 Å². The van der Waals surface area contributed by atoms with Crippen LogP contribution >= 0.6 is 10.8 Å². The van der Waals surface area contributed by atoms with Crippen molar-refractivity contribution in [3.05, 3.63) is 60.2 Å². The van der Waals surface area contributed by atoms with Crippen LogP contribution in [0, 0.1) is 0 Å². The lowest BCUT2D eigenvalue weighted by molar-refractivity contribution is -0.138. The summed E-state index contributed by atoms with van der Waals surface area (Å²) in [5.74, 6) is -3.01. The van der Waals surface area contributed by atoms with Gasteiger partial charge in [-0.2, -0.15) is 0 Å². The van der Waals surface area contributed by atoms with E-state index in [0.717, 1.165) is 0 Å². The lowest BCUT2D eigenvalue weighted by Crippen LogP contribution is -2.40. The Morgan fingerprint density at radius 2 is 1.73 bits per heavy atom. The number of carboxylic acid groups (broad SMARTS) is 1. The maximum absolute atomic E-state index is 12.3. The molecule has 0 saturated carbocycles. The van der Waals surface area contributed by atoms with E-state index < -0.39 is 28.6 Å². The number of hydrogen-bond acceptors (Lipinski definition) is 6. The molecule has 1 atom stereocenters. The summed E-state index contributed by atoms with van der Waals surface area (Å²) in [6, 6.07) is 14.9. The van der Waals surface area contributed by atoms with Gasteiger partial charge >= 0.3 is 5.97 Å². The largest absolute Gasteiger partial charge is 0.481 e. The van der Waals surface area contributed by atoms with Crippen LogP contribution < -0.4 is 10.6 Å². The first-order valence-electron chi connectivity index (χ1n) is 7.68. The molecule has 0 radical (unpaired) electrons. The Balaban J connectivity index is 1.74. The van der Waals surface area contributed by atoms with E-state index in [1.165, 1.54) is 6.07 Å². The molecule has 8 nitrogen and oxygen atoms in total. The van der Waals surface area contributed by atoms with Gasteiger partial charge in [-0.25, -0.2) is 0 Å². The summed E-state index contributed by atoms with van der Waals surface area (Å²) in [5, 5.41) is 14.6. The van der Waals surface area contributed by atoms with Crippen LogP contribution in [0.2, 0.25) is 0 Å². The SMILES string of the molecule is O=C(NCC(C(=O)O)c1ccccc1)C1=NS(O)(O)c2ccccc2N1. The first-order chi connectivity index (χ1) is 12.4. The molecule has 26 heavy (non-hydrogen) atoms. The van der Waals surface area contributed by atoms with Crippen molar-refractivity contribution in [3.8, 4) is 0 Å². The zero-order valence-electron chi connectivity index (χ0n) is 13.5. The maximum Gasteiger partial charge on any atom is 0.312 e. The fourth-order valence-corrected chi connectivity index (χ4v) is 3.70. The molecule has 1 heterocycles. The molecule has 2 aromatic rings. The molecule has 2 aromatic carbocycles. The summed E-state index contributed by atoms with van der Waals surface area (Å²) in [4.78, 5) is 24.0. The van der Waals surface area contributed by atoms with E-state index in [9.17, 15) is 23.8 Å². The summed E-state index contributed by atoms with van der Waals surface area (Å²) in [5.41, 5.74) is 0.916. The highest BCUT2D eigenvalue weighted by Gasteiger charge is 2.29. The van der Waals surface area contributed by atoms with Crippen LogP contribution in [0.5, 0.6) is 0 Å². The predicted octanol–water partition coefficient (Wildman–Crippen LogP) is 2.52. The van der Waals surface area contributed by atoms with E-state index in [4.69, 9.17) is 0 Å². The molecule has 1 aliphatic rings. The van der Waals surface area contributed by atoms with E-state index in [2.05, 4.69) is 15.0 Å². The van der Waals surface area contributed by atoms with Crippen molar-refractivity contribution in [1.29, 1.82) is 0 Å². The number of fused-ring (bicyclic) bond motifs is 1. The highest BCUT2D eigenvalue weighted by atomic mass is 32.3. The van der Waals surface area contributed by atoms with Gasteiger partial charge in [0.2, 0.25) is 5.84 Å². The van der Waals surface area contributed by atoms with Crippen LogP contribution in [0.1, 0.15) is 11.5 Å². The Morgan fingerprint density at radius 1 is 1.08 bits per heavy atom. The van der Waals surface area contributed by atoms with Gasteiger partial charge in [-0.3, -0.25) is 18.7 Å². The minimum atomic E-state index is -3.49. The summed E-state index contributed by atoms with van der Waals surface area (Å²) >= 11 is 0. The number of carboxylic acids is 1. The molecule has 9 heteroatoms. The number of para-hydroxylation sites is 1. The fraction of sp³-hybridized carbons (Fsp3) is 0.118. The van der Waals surface area contributed by atoms with E-state index in [1.54, 1.807) is 48.5 Å². The Kier molecular flexibility index (Phi) is 4.94. The second kappa shape index (κ2) is 7.16. The van der Waals surface area contributed by atoms with Crippen molar-refractivity contribution >= 4 is 34.2 Å². The predicted molar refractivity (Wildman–Crippen MR) is 98.4 cm³/mol. The third-order valence-electron chi connectivity index (χ3n) is 3.84. The van der Waals surface area contributed by atoms with E-state index in [0.29, 0.717) is 11.3 Å². The van der Waals surface area contributed by atoms with Crippen molar-refractivity contribution in [2.75, 3.05) is 11.9 Å². The van der Waals surface area contributed by atoms with E-state index >= 15 is 0 Å². The van der Waals surface area contributed by atoms with Crippen molar-refractivity contribution in [1.82, 2.24) is 5.32 Å².